The second kappa shape index (κ2) is 6.60. The third kappa shape index (κ3) is 3.73. The topological polar surface area (TPSA) is 75.3 Å². The van der Waals surface area contributed by atoms with Crippen LogP contribution in [0.15, 0.2) is 40.6 Å². The molecule has 1 amide bonds. The number of amides is 1. The molecule has 0 radical (unpaired) electrons. The molecule has 0 saturated carbocycles. The summed E-state index contributed by atoms with van der Waals surface area (Å²) in [7, 11) is -2.17. The Labute approximate surface area is 134 Å². The molecule has 0 spiro atoms. The minimum absolute atomic E-state index is 0.128. The first-order valence-electron chi connectivity index (χ1n) is 6.74. The molecule has 7 heteroatoms. The Morgan fingerprint density at radius 2 is 1.77 bits per heavy atom. The van der Waals surface area contributed by atoms with Crippen LogP contribution in [-0.2, 0) is 10.0 Å². The molecule has 0 saturated heterocycles. The minimum atomic E-state index is -3.51. The minimum Gasteiger partial charge on any atom is -0.345 e. The maximum atomic E-state index is 12.2. The van der Waals surface area contributed by atoms with Gasteiger partial charge in [0.15, 0.2) is 0 Å². The molecule has 2 N–H and O–H groups in total. The molecule has 2 rings (SSSR count). The second-order valence-corrected chi connectivity index (χ2v) is 8.13. The van der Waals surface area contributed by atoms with Gasteiger partial charge in [0, 0.05) is 0 Å². The van der Waals surface area contributed by atoms with Gasteiger partial charge in [-0.05, 0) is 38.6 Å². The van der Waals surface area contributed by atoms with E-state index in [9.17, 15) is 13.2 Å². The molecule has 0 aliphatic heterocycles. The van der Waals surface area contributed by atoms with Crippen LogP contribution >= 0.6 is 11.3 Å². The van der Waals surface area contributed by atoms with Crippen LogP contribution in [0.1, 0.15) is 33.8 Å². The van der Waals surface area contributed by atoms with E-state index in [1.807, 2.05) is 38.1 Å². The lowest BCUT2D eigenvalue weighted by atomic mass is 10.1. The van der Waals surface area contributed by atoms with Crippen LogP contribution in [0.5, 0.6) is 0 Å². The molecular formula is C15H18N2O3S2. The van der Waals surface area contributed by atoms with E-state index < -0.39 is 10.0 Å². The highest BCUT2D eigenvalue weighted by atomic mass is 32.2. The molecule has 1 aromatic heterocycles. The highest BCUT2D eigenvalue weighted by Crippen LogP contribution is 2.22. The molecule has 0 unspecified atom stereocenters. The fraction of sp³-hybridized carbons (Fsp3) is 0.267. The Morgan fingerprint density at radius 3 is 2.36 bits per heavy atom. The Hall–Kier alpha value is -1.70. The summed E-state index contributed by atoms with van der Waals surface area (Å²) in [5, 5.41) is 2.87. The Balaban J connectivity index is 2.11. The predicted octanol–water partition coefficient (Wildman–Crippen LogP) is 2.46. The lowest BCUT2D eigenvalue weighted by Crippen LogP contribution is -2.25. The average Bonchev–Trinajstić information content (AvgIpc) is 2.98. The van der Waals surface area contributed by atoms with Gasteiger partial charge in [-0.25, -0.2) is 13.1 Å². The molecule has 0 fully saturated rings. The van der Waals surface area contributed by atoms with E-state index in [0.29, 0.717) is 4.88 Å². The number of carbonyl (C=O) groups excluding carboxylic acids is 1. The summed E-state index contributed by atoms with van der Waals surface area (Å²) in [4.78, 5) is 12.6. The molecule has 0 aliphatic rings. The van der Waals surface area contributed by atoms with Gasteiger partial charge >= 0.3 is 0 Å². The van der Waals surface area contributed by atoms with E-state index in [1.165, 1.54) is 19.2 Å². The summed E-state index contributed by atoms with van der Waals surface area (Å²) >= 11 is 0.950. The maximum absolute atomic E-state index is 12.2. The van der Waals surface area contributed by atoms with E-state index >= 15 is 0 Å². The number of hydrogen-bond acceptors (Lipinski definition) is 4. The number of aryl methyl sites for hydroxylation is 1. The molecule has 22 heavy (non-hydrogen) atoms. The third-order valence-corrected chi connectivity index (χ3v) is 6.25. The number of nitrogens with one attached hydrogen (secondary N) is 2. The zero-order valence-electron chi connectivity index (χ0n) is 12.6. The van der Waals surface area contributed by atoms with Crippen molar-refractivity contribution >= 4 is 27.3 Å². The number of thiophene rings is 1. The smallest absolute Gasteiger partial charge is 0.261 e. The van der Waals surface area contributed by atoms with Crippen molar-refractivity contribution in [2.75, 3.05) is 7.05 Å². The summed E-state index contributed by atoms with van der Waals surface area (Å²) in [5.74, 6) is -0.282. The van der Waals surface area contributed by atoms with Gasteiger partial charge in [0.05, 0.1) is 10.9 Å². The number of hydrogen-bond donors (Lipinski definition) is 2. The van der Waals surface area contributed by atoms with Crippen LogP contribution in [-0.4, -0.2) is 21.4 Å². The first-order valence-corrected chi connectivity index (χ1v) is 9.04. The van der Waals surface area contributed by atoms with Crippen molar-refractivity contribution in [1.29, 1.82) is 0 Å². The van der Waals surface area contributed by atoms with Gasteiger partial charge in [-0.15, -0.1) is 11.3 Å². The van der Waals surface area contributed by atoms with E-state index in [2.05, 4.69) is 10.0 Å². The molecule has 0 aliphatic carbocycles. The SMILES string of the molecule is CNS(=O)(=O)c1ccc(C(=O)N[C@H](C)c2ccc(C)cc2)s1. The molecule has 0 bridgehead atoms. The summed E-state index contributed by atoms with van der Waals surface area (Å²) in [6.07, 6.45) is 0. The first kappa shape index (κ1) is 16.7. The van der Waals surface area contributed by atoms with Gasteiger partial charge in [0.2, 0.25) is 10.0 Å². The highest BCUT2D eigenvalue weighted by Gasteiger charge is 2.18. The molecule has 5 nitrogen and oxygen atoms in total. The third-order valence-electron chi connectivity index (χ3n) is 3.26. The molecule has 1 aromatic carbocycles. The predicted molar refractivity (Wildman–Crippen MR) is 87.6 cm³/mol. The van der Waals surface area contributed by atoms with Crippen LogP contribution in [0, 0.1) is 6.92 Å². The molecule has 118 valence electrons. The number of carbonyl (C=O) groups is 1. The first-order chi connectivity index (χ1) is 10.3. The largest absolute Gasteiger partial charge is 0.345 e. The van der Waals surface area contributed by atoms with Crippen LogP contribution in [0.2, 0.25) is 0 Å². The summed E-state index contributed by atoms with van der Waals surface area (Å²) in [5.41, 5.74) is 2.15. The highest BCUT2D eigenvalue weighted by molar-refractivity contribution is 7.91. The van der Waals surface area contributed by atoms with Gasteiger partial charge in [-0.3, -0.25) is 4.79 Å². The standard InChI is InChI=1S/C15H18N2O3S2/c1-10-4-6-12(7-5-10)11(2)17-15(18)13-8-9-14(21-13)22(19,20)16-3/h4-9,11,16H,1-3H3,(H,17,18)/t11-/m1/s1. The van der Waals surface area contributed by atoms with Crippen molar-refractivity contribution in [1.82, 2.24) is 10.0 Å². The average molecular weight is 338 g/mol. The zero-order valence-corrected chi connectivity index (χ0v) is 14.2. The Morgan fingerprint density at radius 1 is 1.14 bits per heavy atom. The van der Waals surface area contributed by atoms with Crippen molar-refractivity contribution < 1.29 is 13.2 Å². The number of rotatable bonds is 5. The second-order valence-electron chi connectivity index (χ2n) is 4.93. The van der Waals surface area contributed by atoms with Crippen LogP contribution in [0.4, 0.5) is 0 Å². The Bertz CT molecular complexity index is 764. The van der Waals surface area contributed by atoms with Crippen molar-refractivity contribution in [2.45, 2.75) is 24.1 Å². The monoisotopic (exact) mass is 338 g/mol. The summed E-state index contributed by atoms with van der Waals surface area (Å²) in [6, 6.07) is 10.7. The fourth-order valence-electron chi connectivity index (χ4n) is 1.89. The summed E-state index contributed by atoms with van der Waals surface area (Å²) in [6.45, 7) is 3.89. The van der Waals surface area contributed by atoms with Crippen LogP contribution in [0.25, 0.3) is 0 Å². The maximum Gasteiger partial charge on any atom is 0.261 e. The van der Waals surface area contributed by atoms with Crippen molar-refractivity contribution in [2.24, 2.45) is 0 Å². The number of sulfonamides is 1. The quantitative estimate of drug-likeness (QED) is 0.879. The van der Waals surface area contributed by atoms with Crippen molar-refractivity contribution in [3.8, 4) is 0 Å². The lowest BCUT2D eigenvalue weighted by molar-refractivity contribution is 0.0944. The van der Waals surface area contributed by atoms with Gasteiger partial charge in [-0.2, -0.15) is 0 Å². The normalized spacial score (nSPS) is 12.9. The number of benzene rings is 1. The van der Waals surface area contributed by atoms with Crippen LogP contribution in [0.3, 0.4) is 0 Å². The van der Waals surface area contributed by atoms with Gasteiger partial charge in [0.25, 0.3) is 5.91 Å². The molecular weight excluding hydrogens is 320 g/mol. The molecule has 2 aromatic rings. The van der Waals surface area contributed by atoms with Gasteiger partial charge < -0.3 is 5.32 Å². The van der Waals surface area contributed by atoms with Crippen LogP contribution < -0.4 is 10.0 Å². The van der Waals surface area contributed by atoms with E-state index in [1.54, 1.807) is 0 Å². The lowest BCUT2D eigenvalue weighted by Gasteiger charge is -2.13. The fourth-order valence-corrected chi connectivity index (χ4v) is 3.94. The van der Waals surface area contributed by atoms with Gasteiger partial charge in [0.1, 0.15) is 4.21 Å². The van der Waals surface area contributed by atoms with Crippen molar-refractivity contribution in [3.05, 3.63) is 52.4 Å². The van der Waals surface area contributed by atoms with E-state index in [-0.39, 0.29) is 16.2 Å². The van der Waals surface area contributed by atoms with Gasteiger partial charge in [-0.1, -0.05) is 29.8 Å². The Kier molecular flexibility index (Phi) is 5.00. The molecule has 1 atom stereocenters. The zero-order chi connectivity index (χ0) is 16.3. The summed E-state index contributed by atoms with van der Waals surface area (Å²) < 4.78 is 25.7. The molecule has 1 heterocycles. The van der Waals surface area contributed by atoms with E-state index in [4.69, 9.17) is 0 Å². The van der Waals surface area contributed by atoms with E-state index in [0.717, 1.165) is 22.5 Å². The van der Waals surface area contributed by atoms with Crippen molar-refractivity contribution in [3.63, 3.8) is 0 Å².